The molecule has 0 saturated carbocycles. The molecule has 0 aliphatic carbocycles. The summed E-state index contributed by atoms with van der Waals surface area (Å²) in [6, 6.07) is 13.3. The minimum Gasteiger partial charge on any atom is -0.371 e. The second-order valence-corrected chi connectivity index (χ2v) is 10.2. The highest BCUT2D eigenvalue weighted by molar-refractivity contribution is 7.92. The number of hydrogen-bond donors (Lipinski definition) is 1. The quantitative estimate of drug-likeness (QED) is 0.635. The molecule has 0 spiro atoms. The van der Waals surface area contributed by atoms with E-state index in [9.17, 15) is 13.2 Å². The van der Waals surface area contributed by atoms with E-state index in [1.807, 2.05) is 32.0 Å². The highest BCUT2D eigenvalue weighted by Crippen LogP contribution is 2.27. The summed E-state index contributed by atoms with van der Waals surface area (Å²) < 4.78 is 26.3. The van der Waals surface area contributed by atoms with Crippen molar-refractivity contribution in [3.63, 3.8) is 0 Å². The van der Waals surface area contributed by atoms with E-state index in [-0.39, 0.29) is 5.91 Å². The van der Waals surface area contributed by atoms with Crippen molar-refractivity contribution in [2.24, 2.45) is 0 Å². The number of carbonyl (C=O) groups is 1. The first-order valence-corrected chi connectivity index (χ1v) is 12.7. The zero-order valence-corrected chi connectivity index (χ0v) is 19.7. The Morgan fingerprint density at radius 1 is 1.19 bits per heavy atom. The molecule has 6 nitrogen and oxygen atoms in total. The van der Waals surface area contributed by atoms with Gasteiger partial charge in [0, 0.05) is 25.3 Å². The fourth-order valence-corrected chi connectivity index (χ4v) is 5.44. The molecule has 1 N–H and O–H groups in total. The Hall–Kier alpha value is -2.54. The number of aryl methyl sites for hydroxylation is 3. The lowest BCUT2D eigenvalue weighted by Crippen LogP contribution is -2.48. The Bertz CT molecular complexity index is 1040. The summed E-state index contributed by atoms with van der Waals surface area (Å²) in [7, 11) is -3.62. The van der Waals surface area contributed by atoms with E-state index in [2.05, 4.69) is 34.5 Å². The highest BCUT2D eigenvalue weighted by atomic mass is 32.2. The van der Waals surface area contributed by atoms with Gasteiger partial charge in [0.05, 0.1) is 11.9 Å². The Morgan fingerprint density at radius 3 is 2.68 bits per heavy atom. The normalized spacial score (nSPS) is 14.6. The van der Waals surface area contributed by atoms with Crippen molar-refractivity contribution in [3.8, 4) is 0 Å². The lowest BCUT2D eigenvalue weighted by molar-refractivity contribution is -0.121. The van der Waals surface area contributed by atoms with Crippen molar-refractivity contribution in [2.75, 3.05) is 35.1 Å². The molecule has 0 bridgehead atoms. The molecule has 2 aromatic carbocycles. The van der Waals surface area contributed by atoms with Crippen molar-refractivity contribution >= 4 is 27.3 Å². The Kier molecular flexibility index (Phi) is 7.26. The van der Waals surface area contributed by atoms with Crippen molar-refractivity contribution in [1.82, 2.24) is 5.32 Å². The van der Waals surface area contributed by atoms with Gasteiger partial charge in [0.2, 0.25) is 15.9 Å². The molecule has 0 fully saturated rings. The van der Waals surface area contributed by atoms with Gasteiger partial charge in [-0.25, -0.2) is 8.42 Å². The number of amides is 1. The van der Waals surface area contributed by atoms with Gasteiger partial charge in [-0.1, -0.05) is 30.3 Å². The summed E-state index contributed by atoms with van der Waals surface area (Å²) in [6.07, 6.45) is 4.20. The fraction of sp³-hybridized carbons (Fsp3) is 0.458. The van der Waals surface area contributed by atoms with E-state index < -0.39 is 16.1 Å². The van der Waals surface area contributed by atoms with Crippen LogP contribution in [0.3, 0.4) is 0 Å². The van der Waals surface area contributed by atoms with Gasteiger partial charge >= 0.3 is 0 Å². The first-order chi connectivity index (χ1) is 14.7. The van der Waals surface area contributed by atoms with Gasteiger partial charge in [0.15, 0.2) is 0 Å². The summed E-state index contributed by atoms with van der Waals surface area (Å²) in [5, 5.41) is 2.93. The number of benzene rings is 2. The van der Waals surface area contributed by atoms with Crippen LogP contribution in [0.1, 0.15) is 36.5 Å². The molecule has 0 saturated heterocycles. The molecule has 1 aliphatic rings. The van der Waals surface area contributed by atoms with E-state index in [4.69, 9.17) is 0 Å². The van der Waals surface area contributed by atoms with E-state index >= 15 is 0 Å². The first-order valence-electron chi connectivity index (χ1n) is 10.9. The van der Waals surface area contributed by atoms with Gasteiger partial charge in [-0.3, -0.25) is 9.10 Å². The Morgan fingerprint density at radius 2 is 1.94 bits per heavy atom. The number of anilines is 2. The lowest BCUT2D eigenvalue weighted by atomic mass is 10.0. The second kappa shape index (κ2) is 9.73. The van der Waals surface area contributed by atoms with Crippen molar-refractivity contribution in [3.05, 3.63) is 59.2 Å². The van der Waals surface area contributed by atoms with Crippen LogP contribution < -0.4 is 14.5 Å². The van der Waals surface area contributed by atoms with E-state index in [0.29, 0.717) is 12.2 Å². The number of nitrogens with one attached hydrogen (secondary N) is 1. The third kappa shape index (κ3) is 5.58. The van der Waals surface area contributed by atoms with Gasteiger partial charge in [-0.2, -0.15) is 0 Å². The number of fused-ring (bicyclic) bond motifs is 1. The largest absolute Gasteiger partial charge is 0.371 e. The lowest BCUT2D eigenvalue weighted by Gasteiger charge is -2.32. The topological polar surface area (TPSA) is 69.7 Å². The third-order valence-electron chi connectivity index (χ3n) is 5.80. The first kappa shape index (κ1) is 23.1. The molecule has 0 radical (unpaired) electrons. The highest BCUT2D eigenvalue weighted by Gasteiger charge is 2.30. The Labute approximate surface area is 186 Å². The second-order valence-electron chi connectivity index (χ2n) is 8.39. The number of carbonyl (C=O) groups excluding carboxylic acids is 1. The van der Waals surface area contributed by atoms with E-state index in [0.717, 1.165) is 49.7 Å². The van der Waals surface area contributed by atoms with Gasteiger partial charge in [-0.05, 0) is 68.9 Å². The monoisotopic (exact) mass is 443 g/mol. The van der Waals surface area contributed by atoms with Crippen LogP contribution in [-0.4, -0.2) is 46.3 Å². The van der Waals surface area contributed by atoms with E-state index in [1.54, 1.807) is 6.92 Å². The molecule has 1 amide bonds. The molecule has 1 unspecified atom stereocenters. The standard InChI is InChI=1S/C24H33N3O3S/c1-18-12-13-19(2)23(17-18)27(31(4,29)30)20(3)24(28)25-14-8-16-26-15-7-10-21-9-5-6-11-22(21)26/h5-6,9,11-13,17,20H,7-8,10,14-16H2,1-4H3,(H,25,28). The average Bonchev–Trinajstić information content (AvgIpc) is 2.72. The van der Waals surface area contributed by atoms with Gasteiger partial charge in [0.25, 0.3) is 0 Å². The van der Waals surface area contributed by atoms with Crippen LogP contribution in [0.5, 0.6) is 0 Å². The maximum atomic E-state index is 12.8. The van der Waals surface area contributed by atoms with Crippen molar-refractivity contribution in [1.29, 1.82) is 0 Å². The van der Waals surface area contributed by atoms with Crippen LogP contribution in [0.15, 0.2) is 42.5 Å². The molecule has 1 atom stereocenters. The number of para-hydroxylation sites is 1. The molecular formula is C24H33N3O3S. The smallest absolute Gasteiger partial charge is 0.243 e. The maximum Gasteiger partial charge on any atom is 0.243 e. The summed E-state index contributed by atoms with van der Waals surface area (Å²) in [5.41, 5.74) is 4.98. The Balaban J connectivity index is 1.61. The predicted octanol–water partition coefficient (Wildman–Crippen LogP) is 3.42. The predicted molar refractivity (Wildman–Crippen MR) is 127 cm³/mol. The molecular weight excluding hydrogens is 410 g/mol. The summed E-state index contributed by atoms with van der Waals surface area (Å²) >= 11 is 0. The zero-order chi connectivity index (χ0) is 22.6. The maximum absolute atomic E-state index is 12.8. The summed E-state index contributed by atoms with van der Waals surface area (Å²) in [6.45, 7) is 7.79. The van der Waals surface area contributed by atoms with E-state index in [1.165, 1.54) is 15.6 Å². The van der Waals surface area contributed by atoms with Crippen molar-refractivity contribution < 1.29 is 13.2 Å². The van der Waals surface area contributed by atoms with Crippen molar-refractivity contribution in [2.45, 2.75) is 46.1 Å². The number of rotatable bonds is 8. The molecule has 2 aromatic rings. The average molecular weight is 444 g/mol. The fourth-order valence-electron chi connectivity index (χ4n) is 4.21. The molecule has 0 aromatic heterocycles. The van der Waals surface area contributed by atoms with Crippen LogP contribution in [0.4, 0.5) is 11.4 Å². The minimum absolute atomic E-state index is 0.287. The summed E-state index contributed by atoms with van der Waals surface area (Å²) in [5.74, 6) is -0.287. The van der Waals surface area contributed by atoms with Gasteiger partial charge < -0.3 is 10.2 Å². The third-order valence-corrected chi connectivity index (χ3v) is 7.03. The van der Waals surface area contributed by atoms with Crippen LogP contribution in [0.25, 0.3) is 0 Å². The summed E-state index contributed by atoms with van der Waals surface area (Å²) in [4.78, 5) is 15.2. The van der Waals surface area contributed by atoms with Gasteiger partial charge in [0.1, 0.15) is 6.04 Å². The molecule has 7 heteroatoms. The molecule has 168 valence electrons. The molecule has 31 heavy (non-hydrogen) atoms. The molecule has 1 heterocycles. The molecule has 3 rings (SSSR count). The number of sulfonamides is 1. The van der Waals surface area contributed by atoms with Crippen LogP contribution in [0, 0.1) is 13.8 Å². The van der Waals surface area contributed by atoms with Gasteiger partial charge in [-0.15, -0.1) is 0 Å². The minimum atomic E-state index is -3.62. The van der Waals surface area contributed by atoms with Crippen LogP contribution in [-0.2, 0) is 21.2 Å². The molecule has 1 aliphatic heterocycles. The zero-order valence-electron chi connectivity index (χ0n) is 18.9. The SMILES string of the molecule is Cc1ccc(C)c(N(C(C)C(=O)NCCCN2CCCc3ccccc32)S(C)(=O)=O)c1. The number of hydrogen-bond acceptors (Lipinski definition) is 4. The van der Waals surface area contributed by atoms with Crippen LogP contribution in [0.2, 0.25) is 0 Å². The number of nitrogens with zero attached hydrogens (tertiary/aromatic N) is 2. The van der Waals surface area contributed by atoms with Crippen LogP contribution >= 0.6 is 0 Å².